The molecule has 5 aliphatic rings. The summed E-state index contributed by atoms with van der Waals surface area (Å²) in [5, 5.41) is 0. The first-order chi connectivity index (χ1) is 35.1. The van der Waals surface area contributed by atoms with Crippen molar-refractivity contribution in [1.29, 1.82) is 0 Å². The zero-order chi connectivity index (χ0) is 53.3. The maximum atomic E-state index is 9.31. The zero-order valence-corrected chi connectivity index (χ0v) is 45.6. The van der Waals surface area contributed by atoms with E-state index in [4.69, 9.17) is 0 Å². The monoisotopic (exact) mass is 949 g/mol. The Hall–Kier alpha value is -6.00. The minimum absolute atomic E-state index is 0.0167. The quantitative estimate of drug-likeness (QED) is 0.159. The normalized spacial score (nSPS) is 20.4. The van der Waals surface area contributed by atoms with E-state index in [0.29, 0.717) is 5.56 Å². The van der Waals surface area contributed by atoms with Crippen molar-refractivity contribution in [3.05, 3.63) is 177 Å². The predicted molar refractivity (Wildman–Crippen MR) is 311 cm³/mol. The van der Waals surface area contributed by atoms with Crippen molar-refractivity contribution in [2.24, 2.45) is 0 Å². The standard InChI is InChI=1S/C68H76BN3/c1-42-34-59-62-60(35-42)72(57-39-51-49(36-43(57)2)63(4,5)30-32-65(51,8)9)58-40-52-50(64(6,7)31-33-66(52,10)11)38-54(58)69(62)53-37-47(70(45-22-18-16-19-23-45)46-24-20-17-21-25-46)26-28-56(53)71(59)55-29-27-48-61(44(55)3)68(14,15)41-67(48,12)13/h16-29,34-40H,30-33,41H2,1-15H3/i1D3. The molecule has 0 radical (unpaired) electrons. The number of hydrogen-bond acceptors (Lipinski definition) is 3. The van der Waals surface area contributed by atoms with Gasteiger partial charge in [0.2, 0.25) is 0 Å². The van der Waals surface area contributed by atoms with Crippen LogP contribution in [0.15, 0.2) is 127 Å². The van der Waals surface area contributed by atoms with Gasteiger partial charge in [0.25, 0.3) is 6.71 Å². The van der Waals surface area contributed by atoms with Crippen LogP contribution >= 0.6 is 0 Å². The number of aryl methyl sites for hydroxylation is 2. The summed E-state index contributed by atoms with van der Waals surface area (Å²) in [6, 6.07) is 47.5. The fourth-order valence-electron chi connectivity index (χ4n) is 14.9. The average Bonchev–Trinajstić information content (AvgIpc) is 3.72. The van der Waals surface area contributed by atoms with Gasteiger partial charge in [0, 0.05) is 55.3 Å². The molecule has 0 aromatic heterocycles. The van der Waals surface area contributed by atoms with E-state index in [1.54, 1.807) is 0 Å². The number of hydrogen-bond donors (Lipinski definition) is 0. The number of benzene rings is 7. The second kappa shape index (κ2) is 15.5. The molecule has 3 aliphatic carbocycles. The Morgan fingerprint density at radius 1 is 0.431 bits per heavy atom. The average molecular weight is 949 g/mol. The summed E-state index contributed by atoms with van der Waals surface area (Å²) < 4.78 is 27.9. The second-order valence-corrected chi connectivity index (χ2v) is 26.5. The molecule has 2 heterocycles. The highest BCUT2D eigenvalue weighted by atomic mass is 15.2. The number of fused-ring (bicyclic) bond motifs is 7. The van der Waals surface area contributed by atoms with E-state index in [-0.39, 0.29) is 39.2 Å². The molecule has 72 heavy (non-hydrogen) atoms. The summed E-state index contributed by atoms with van der Waals surface area (Å²) in [7, 11) is 0. The molecule has 2 aliphatic heterocycles. The summed E-state index contributed by atoms with van der Waals surface area (Å²) in [6.07, 6.45) is 5.47. The molecular formula is C68H76BN3. The van der Waals surface area contributed by atoms with Gasteiger partial charge in [-0.3, -0.25) is 0 Å². The number of anilines is 9. The molecule has 0 atom stereocenters. The molecule has 0 spiro atoms. The van der Waals surface area contributed by atoms with Crippen molar-refractivity contribution < 1.29 is 4.11 Å². The van der Waals surface area contributed by atoms with Crippen LogP contribution in [0.4, 0.5) is 51.2 Å². The summed E-state index contributed by atoms with van der Waals surface area (Å²) in [5.41, 5.74) is 24.3. The molecular weight excluding hydrogens is 870 g/mol. The molecule has 0 bridgehead atoms. The number of para-hydroxylation sites is 2. The topological polar surface area (TPSA) is 9.72 Å². The van der Waals surface area contributed by atoms with Crippen LogP contribution in [0.25, 0.3) is 0 Å². The van der Waals surface area contributed by atoms with Crippen molar-refractivity contribution in [3.63, 3.8) is 0 Å². The van der Waals surface area contributed by atoms with Crippen LogP contribution in [0.3, 0.4) is 0 Å². The second-order valence-electron chi connectivity index (χ2n) is 26.5. The molecule has 0 amide bonds. The van der Waals surface area contributed by atoms with Gasteiger partial charge >= 0.3 is 0 Å². The van der Waals surface area contributed by atoms with Crippen molar-refractivity contribution in [2.75, 3.05) is 14.7 Å². The van der Waals surface area contributed by atoms with Gasteiger partial charge in [0.15, 0.2) is 0 Å². The van der Waals surface area contributed by atoms with Crippen molar-refractivity contribution in [1.82, 2.24) is 0 Å². The van der Waals surface area contributed by atoms with Crippen LogP contribution in [-0.2, 0) is 32.5 Å². The molecule has 4 heteroatoms. The zero-order valence-electron chi connectivity index (χ0n) is 48.6. The Balaban J connectivity index is 1.24. The van der Waals surface area contributed by atoms with Gasteiger partial charge in [-0.15, -0.1) is 0 Å². The van der Waals surface area contributed by atoms with E-state index in [1.165, 1.54) is 55.4 Å². The smallest absolute Gasteiger partial charge is 0.252 e. The maximum absolute atomic E-state index is 9.31. The Morgan fingerprint density at radius 3 is 1.47 bits per heavy atom. The van der Waals surface area contributed by atoms with Gasteiger partial charge in [0.1, 0.15) is 0 Å². The van der Waals surface area contributed by atoms with Gasteiger partial charge in [-0.25, -0.2) is 0 Å². The Morgan fingerprint density at radius 2 is 0.917 bits per heavy atom. The molecule has 7 aromatic carbocycles. The summed E-state index contributed by atoms with van der Waals surface area (Å²) >= 11 is 0. The third kappa shape index (κ3) is 6.89. The van der Waals surface area contributed by atoms with E-state index in [9.17, 15) is 4.11 Å². The van der Waals surface area contributed by atoms with Gasteiger partial charge in [-0.2, -0.15) is 0 Å². The minimum Gasteiger partial charge on any atom is -0.311 e. The Bertz CT molecular complexity index is 3470. The van der Waals surface area contributed by atoms with E-state index in [2.05, 4.69) is 233 Å². The third-order valence-electron chi connectivity index (χ3n) is 18.7. The molecule has 7 aromatic rings. The van der Waals surface area contributed by atoms with Crippen LogP contribution in [-0.4, -0.2) is 6.71 Å². The molecule has 0 unspecified atom stereocenters. The van der Waals surface area contributed by atoms with Crippen LogP contribution in [0.2, 0.25) is 0 Å². The van der Waals surface area contributed by atoms with Crippen LogP contribution in [0.5, 0.6) is 0 Å². The van der Waals surface area contributed by atoms with Gasteiger partial charge in [0.05, 0.1) is 0 Å². The predicted octanol–water partition coefficient (Wildman–Crippen LogP) is 16.8. The molecule has 0 fully saturated rings. The highest BCUT2D eigenvalue weighted by Gasteiger charge is 2.49. The summed E-state index contributed by atoms with van der Waals surface area (Å²) in [4.78, 5) is 7.38. The Kier molecular flexibility index (Phi) is 9.39. The number of rotatable bonds is 5. The first-order valence-electron chi connectivity index (χ1n) is 28.4. The molecule has 3 nitrogen and oxygen atoms in total. The van der Waals surface area contributed by atoms with Crippen molar-refractivity contribution >= 4 is 74.3 Å². The Labute approximate surface area is 437 Å². The first-order valence-corrected chi connectivity index (χ1v) is 26.9. The third-order valence-corrected chi connectivity index (χ3v) is 18.7. The lowest BCUT2D eigenvalue weighted by molar-refractivity contribution is 0.331. The molecule has 0 N–H and O–H groups in total. The van der Waals surface area contributed by atoms with Crippen LogP contribution in [0.1, 0.15) is 169 Å². The lowest BCUT2D eigenvalue weighted by atomic mass is 9.33. The molecule has 0 saturated heterocycles. The fourth-order valence-corrected chi connectivity index (χ4v) is 14.9. The maximum Gasteiger partial charge on any atom is 0.252 e. The van der Waals surface area contributed by atoms with Crippen molar-refractivity contribution in [3.8, 4) is 0 Å². The highest BCUT2D eigenvalue weighted by Crippen LogP contribution is 2.56. The van der Waals surface area contributed by atoms with Crippen molar-refractivity contribution in [2.45, 2.75) is 168 Å². The summed E-state index contributed by atoms with van der Waals surface area (Å²) in [6.45, 7) is 31.0. The van der Waals surface area contributed by atoms with Gasteiger partial charge in [-0.1, -0.05) is 138 Å². The molecule has 0 saturated carbocycles. The van der Waals surface area contributed by atoms with E-state index in [1.807, 2.05) is 6.07 Å². The van der Waals surface area contributed by atoms with Crippen LogP contribution < -0.4 is 31.1 Å². The van der Waals surface area contributed by atoms with Gasteiger partial charge < -0.3 is 14.7 Å². The van der Waals surface area contributed by atoms with E-state index >= 15 is 0 Å². The molecule has 12 rings (SSSR count). The van der Waals surface area contributed by atoms with Crippen LogP contribution in [0, 0.1) is 20.7 Å². The highest BCUT2D eigenvalue weighted by molar-refractivity contribution is 7.00. The largest absolute Gasteiger partial charge is 0.311 e. The van der Waals surface area contributed by atoms with E-state index in [0.717, 1.165) is 88.8 Å². The fraction of sp³-hybridized carbons (Fsp3) is 0.382. The lowest BCUT2D eigenvalue weighted by Gasteiger charge is -2.48. The molecule has 366 valence electrons. The lowest BCUT2D eigenvalue weighted by Crippen LogP contribution is -2.62. The van der Waals surface area contributed by atoms with Gasteiger partial charge in [-0.05, 0) is 225 Å². The summed E-state index contributed by atoms with van der Waals surface area (Å²) in [5.74, 6) is 0. The minimum atomic E-state index is -2.38. The first kappa shape index (κ1) is 43.6. The van der Waals surface area contributed by atoms with E-state index < -0.39 is 6.85 Å². The number of nitrogens with zero attached hydrogens (tertiary/aromatic N) is 3. The SMILES string of the molecule is [2H]C([2H])([2H])c1cc2c3c(c1)N(c1ccc4c(c1C)C(C)(C)CC4(C)C)c1ccc(N(c4ccccc4)c4ccccc4)cc1B3c1cc3c(cc1N2c1cc2c(cc1C)C(C)(C)CCC2(C)C)C(C)(C)CCC3(C)C.